The largest absolute Gasteiger partial charge is 0.455 e. The van der Waals surface area contributed by atoms with Crippen molar-refractivity contribution in [3.05, 3.63) is 430 Å². The molecule has 5 aromatic heterocycles. The fourth-order valence-electron chi connectivity index (χ4n) is 19.8. The van der Waals surface area contributed by atoms with Gasteiger partial charge in [-0.1, -0.05) is 378 Å². The predicted molar refractivity (Wildman–Crippen MR) is 544 cm³/mol. The Hall–Kier alpha value is -17.0. The van der Waals surface area contributed by atoms with Gasteiger partial charge in [-0.15, -0.1) is 11.3 Å². The van der Waals surface area contributed by atoms with Crippen LogP contribution in [0.15, 0.2) is 423 Å². The van der Waals surface area contributed by atoms with Crippen molar-refractivity contribution in [1.82, 2.24) is 44.9 Å². The van der Waals surface area contributed by atoms with E-state index in [1.807, 2.05) is 175 Å². The zero-order valence-electron chi connectivity index (χ0n) is 71.2. The molecule has 1 aliphatic carbocycles. The van der Waals surface area contributed by atoms with E-state index >= 15 is 0 Å². The number of para-hydroxylation sites is 1. The quantitative estimate of drug-likeness (QED) is 0.129. The summed E-state index contributed by atoms with van der Waals surface area (Å²) >= 11 is 1.81. The Labute approximate surface area is 756 Å². The van der Waals surface area contributed by atoms with Crippen LogP contribution in [0, 0.1) is 0 Å². The Balaban J connectivity index is 0.000000106. The van der Waals surface area contributed by atoms with Crippen LogP contribution in [-0.2, 0) is 5.41 Å². The molecular weight excluding hydrogens is 1620 g/mol. The molecule has 0 spiro atoms. The molecule has 612 valence electrons. The molecule has 5 heterocycles. The minimum Gasteiger partial charge on any atom is -0.455 e. The maximum atomic E-state index is 6.70. The summed E-state index contributed by atoms with van der Waals surface area (Å²) in [6, 6.07) is 147. The molecule has 0 atom stereocenters. The van der Waals surface area contributed by atoms with Crippen LogP contribution in [0.2, 0.25) is 0 Å². The number of nitrogens with zero attached hydrogens (tertiary/aromatic N) is 9. The first-order valence-corrected chi connectivity index (χ1v) is 45.0. The van der Waals surface area contributed by atoms with Crippen LogP contribution in [0.5, 0.6) is 0 Å². The molecule has 11 heteroatoms. The van der Waals surface area contributed by atoms with Gasteiger partial charge in [0.05, 0.1) is 5.56 Å². The maximum absolute atomic E-state index is 6.70. The first-order valence-electron chi connectivity index (χ1n) is 44.2. The lowest BCUT2D eigenvalue weighted by Gasteiger charge is -2.23. The van der Waals surface area contributed by atoms with Crippen molar-refractivity contribution in [2.24, 2.45) is 0 Å². The number of fused-ring (bicyclic) bond motifs is 27. The van der Waals surface area contributed by atoms with Gasteiger partial charge in [0.2, 0.25) is 0 Å². The number of thiophene rings is 1. The molecule has 0 saturated heterocycles. The summed E-state index contributed by atoms with van der Waals surface area (Å²) < 4.78 is 9.14. The average Bonchev–Trinajstić information content (AvgIpc) is 1.56. The topological polar surface area (TPSA) is 129 Å². The van der Waals surface area contributed by atoms with Crippen molar-refractivity contribution in [2.45, 2.75) is 19.3 Å². The van der Waals surface area contributed by atoms with Crippen LogP contribution in [-0.4, -0.2) is 44.9 Å². The lowest BCUT2D eigenvalue weighted by Crippen LogP contribution is -2.15. The molecule has 0 bridgehead atoms. The number of furan rings is 1. The third kappa shape index (κ3) is 13.1. The molecule has 0 radical (unpaired) electrons. The van der Waals surface area contributed by atoms with Gasteiger partial charge < -0.3 is 4.42 Å². The molecule has 0 amide bonds. The molecule has 0 aliphatic heterocycles. The van der Waals surface area contributed by atoms with Crippen molar-refractivity contribution >= 4 is 150 Å². The van der Waals surface area contributed by atoms with Crippen molar-refractivity contribution in [3.63, 3.8) is 0 Å². The highest BCUT2D eigenvalue weighted by molar-refractivity contribution is 7.26. The van der Waals surface area contributed by atoms with E-state index in [-0.39, 0.29) is 5.41 Å². The van der Waals surface area contributed by atoms with E-state index in [1.54, 1.807) is 0 Å². The smallest absolute Gasteiger partial charge is 0.167 e. The molecule has 27 rings (SSSR count). The average molecular weight is 1690 g/mol. The number of aromatic nitrogens is 9. The van der Waals surface area contributed by atoms with Gasteiger partial charge in [-0.25, -0.2) is 44.9 Å². The minimum atomic E-state index is -0.195. The van der Waals surface area contributed by atoms with Crippen LogP contribution in [0.1, 0.15) is 25.0 Å². The second-order valence-electron chi connectivity index (χ2n) is 34.1. The molecular formula is C120H75N9OS. The monoisotopic (exact) mass is 1690 g/mol. The zero-order chi connectivity index (χ0) is 86.8. The second kappa shape index (κ2) is 31.2. The lowest BCUT2D eigenvalue weighted by atomic mass is 9.80. The van der Waals surface area contributed by atoms with E-state index in [1.165, 1.54) is 139 Å². The summed E-state index contributed by atoms with van der Waals surface area (Å²) in [4.78, 5) is 44.7. The van der Waals surface area contributed by atoms with E-state index in [2.05, 4.69) is 269 Å². The van der Waals surface area contributed by atoms with Gasteiger partial charge in [-0.3, -0.25) is 0 Å². The summed E-state index contributed by atoms with van der Waals surface area (Å²) in [5, 5.41) is 27.5. The third-order valence-corrected chi connectivity index (χ3v) is 27.3. The molecule has 10 nitrogen and oxygen atoms in total. The van der Waals surface area contributed by atoms with Crippen LogP contribution in [0.25, 0.3) is 253 Å². The first-order chi connectivity index (χ1) is 64.7. The summed E-state index contributed by atoms with van der Waals surface area (Å²) in [6.07, 6.45) is 0. The molecule has 0 N–H and O–H groups in total. The molecule has 0 saturated carbocycles. The van der Waals surface area contributed by atoms with Gasteiger partial charge >= 0.3 is 0 Å². The van der Waals surface area contributed by atoms with E-state index in [4.69, 9.17) is 49.3 Å². The molecule has 26 aromatic rings. The van der Waals surface area contributed by atoms with Crippen molar-refractivity contribution < 1.29 is 4.42 Å². The van der Waals surface area contributed by atoms with Crippen LogP contribution < -0.4 is 0 Å². The van der Waals surface area contributed by atoms with Crippen molar-refractivity contribution in [1.29, 1.82) is 0 Å². The SMILES string of the molecule is CC1(C)c2cc(-c3nc(-c4ccccc4)nc(-c4ccccc4)n3)ccc2-c2cc3c4ccccc4c4ccccc4c3cc21.c1ccc(-c2nc(-c3ccccc3)nc(-c3cccc4c3oc3cc5c6ccccc6c6ccccc6c5cc34)n2)cc1.c1ccc(-c2nc(-c3ccccc3)nc(-c3cccc4c3sc3cc5c6ccccc6c6ccccc6c5cc34)n2)cc1. The Kier molecular flexibility index (Phi) is 18.2. The highest BCUT2D eigenvalue weighted by atomic mass is 32.1. The second-order valence-corrected chi connectivity index (χ2v) is 35.1. The summed E-state index contributed by atoms with van der Waals surface area (Å²) in [5.41, 5.74) is 15.3. The Morgan fingerprint density at radius 2 is 0.466 bits per heavy atom. The Bertz CT molecular complexity index is 8600. The Morgan fingerprint density at radius 3 is 0.855 bits per heavy atom. The summed E-state index contributed by atoms with van der Waals surface area (Å²) in [5.74, 6) is 5.89. The zero-order valence-corrected chi connectivity index (χ0v) is 72.0. The predicted octanol–water partition coefficient (Wildman–Crippen LogP) is 31.6. The molecule has 1 aliphatic rings. The highest BCUT2D eigenvalue weighted by Crippen LogP contribution is 2.54. The normalized spacial score (nSPS) is 12.3. The van der Waals surface area contributed by atoms with Gasteiger partial charge in [0.1, 0.15) is 11.2 Å². The van der Waals surface area contributed by atoms with Gasteiger partial charge in [-0.2, -0.15) is 0 Å². The van der Waals surface area contributed by atoms with Crippen molar-refractivity contribution in [3.8, 4) is 114 Å². The van der Waals surface area contributed by atoms with E-state index < -0.39 is 0 Å². The van der Waals surface area contributed by atoms with Gasteiger partial charge in [0.25, 0.3) is 0 Å². The first kappa shape index (κ1) is 76.4. The standard InChI is InChI=1S/C42H29N3.C39H23N3O.C39H23N3S/c1-42(2)37-23-28(41-44-39(26-13-5-3-6-14-26)43-40(45-41)27-15-7-4-8-16-27)21-22-33(37)36-24-34-31-19-11-9-17-29(31)30-18-10-12-20-32(30)35(34)25-38(36)42;2*1-3-12-24(13-4-1)37-40-38(25-14-5-2-6-15-25)42-39(41-37)31-21-11-20-30-34-22-32-28-18-9-7-16-26(28)27-17-8-10-19-29(27)33(32)23-35(34)43-36(30)31/h3-25H,1-2H3;2*1-23H. The lowest BCUT2D eigenvalue weighted by molar-refractivity contribution is 0.661. The third-order valence-electron chi connectivity index (χ3n) is 26.1. The van der Waals surface area contributed by atoms with Crippen LogP contribution in [0.4, 0.5) is 0 Å². The number of benzene rings is 21. The number of hydrogen-bond acceptors (Lipinski definition) is 11. The number of hydrogen-bond donors (Lipinski definition) is 0. The van der Waals surface area contributed by atoms with Gasteiger partial charge in [0, 0.05) is 80.9 Å². The van der Waals surface area contributed by atoms with Gasteiger partial charge in [0.15, 0.2) is 52.4 Å². The fraction of sp³-hybridized carbons (Fsp3) is 0.0250. The summed E-state index contributed by atoms with van der Waals surface area (Å²) in [6.45, 7) is 4.68. The van der Waals surface area contributed by atoms with Crippen LogP contribution in [0.3, 0.4) is 0 Å². The Morgan fingerprint density at radius 1 is 0.183 bits per heavy atom. The molecule has 21 aromatic carbocycles. The molecule has 0 fully saturated rings. The number of rotatable bonds is 9. The van der Waals surface area contributed by atoms with E-state index in [0.29, 0.717) is 52.4 Å². The highest BCUT2D eigenvalue weighted by Gasteiger charge is 2.37. The fourth-order valence-corrected chi connectivity index (χ4v) is 21.0. The van der Waals surface area contributed by atoms with Gasteiger partial charge in [-0.05, 0) is 174 Å². The minimum absolute atomic E-state index is 0.195. The van der Waals surface area contributed by atoms with Crippen molar-refractivity contribution in [2.75, 3.05) is 0 Å². The van der Waals surface area contributed by atoms with Crippen LogP contribution >= 0.6 is 11.3 Å². The summed E-state index contributed by atoms with van der Waals surface area (Å²) in [7, 11) is 0. The maximum Gasteiger partial charge on any atom is 0.167 e. The van der Waals surface area contributed by atoms with E-state index in [9.17, 15) is 0 Å². The molecule has 131 heavy (non-hydrogen) atoms. The molecule has 0 unspecified atom stereocenters. The van der Waals surface area contributed by atoms with E-state index in [0.717, 1.165) is 72.0 Å².